The van der Waals surface area contributed by atoms with Gasteiger partial charge in [-0.3, -0.25) is 4.79 Å². The van der Waals surface area contributed by atoms with Crippen molar-refractivity contribution in [2.24, 2.45) is 0 Å². The summed E-state index contributed by atoms with van der Waals surface area (Å²) < 4.78 is 26.3. The highest BCUT2D eigenvalue weighted by molar-refractivity contribution is 7.91. The molecule has 1 aromatic rings. The summed E-state index contributed by atoms with van der Waals surface area (Å²) in [5.41, 5.74) is -1.42. The van der Waals surface area contributed by atoms with Gasteiger partial charge < -0.3 is 5.11 Å². The topological polar surface area (TPSA) is 98.5 Å². The third-order valence-electron chi connectivity index (χ3n) is 3.52. The normalized spacial score (nSPS) is 24.2. The number of sulfonamides is 1. The number of aliphatic carboxylic acids is 1. The van der Waals surface area contributed by atoms with Gasteiger partial charge in [0, 0.05) is 6.54 Å². The summed E-state index contributed by atoms with van der Waals surface area (Å²) in [6, 6.07) is 4.67. The lowest BCUT2D eigenvalue weighted by Crippen LogP contribution is -2.57. The van der Waals surface area contributed by atoms with E-state index < -0.39 is 21.5 Å². The Morgan fingerprint density at radius 3 is 2.75 bits per heavy atom. The summed E-state index contributed by atoms with van der Waals surface area (Å²) in [5.74, 6) is -1.14. The molecule has 1 atom stereocenters. The quantitative estimate of drug-likeness (QED) is 0.914. The van der Waals surface area contributed by atoms with Gasteiger partial charge in [-0.15, -0.1) is 11.3 Å². The molecule has 0 aliphatic carbocycles. The van der Waals surface area contributed by atoms with Gasteiger partial charge in [-0.25, -0.2) is 8.42 Å². The number of thiophene rings is 1. The van der Waals surface area contributed by atoms with Gasteiger partial charge >= 0.3 is 5.97 Å². The van der Waals surface area contributed by atoms with Crippen LogP contribution < -0.4 is 0 Å². The molecule has 0 amide bonds. The van der Waals surface area contributed by atoms with E-state index in [-0.39, 0.29) is 22.1 Å². The van der Waals surface area contributed by atoms with Gasteiger partial charge in [-0.05, 0) is 38.3 Å². The summed E-state index contributed by atoms with van der Waals surface area (Å²) in [5, 5.41) is 18.2. The number of hydrogen-bond donors (Lipinski definition) is 1. The molecule has 0 radical (unpaired) electrons. The average Bonchev–Trinajstić information content (AvgIpc) is 2.88. The molecular weight excluding hydrogens is 300 g/mol. The van der Waals surface area contributed by atoms with Crippen LogP contribution in [-0.2, 0) is 14.8 Å². The zero-order chi connectivity index (χ0) is 15.0. The maximum atomic E-state index is 12.6. The zero-order valence-corrected chi connectivity index (χ0v) is 12.5. The van der Waals surface area contributed by atoms with Gasteiger partial charge in [0.2, 0.25) is 0 Å². The SMILES string of the molecule is CC1(C(=O)O)CCCCN1S(=O)(=O)c1ccc(C#N)s1. The van der Waals surface area contributed by atoms with E-state index in [1.807, 2.05) is 6.07 Å². The highest BCUT2D eigenvalue weighted by Gasteiger charge is 2.48. The summed E-state index contributed by atoms with van der Waals surface area (Å²) in [4.78, 5) is 11.8. The van der Waals surface area contributed by atoms with E-state index in [0.717, 1.165) is 15.6 Å². The highest BCUT2D eigenvalue weighted by Crippen LogP contribution is 2.35. The molecule has 2 rings (SSSR count). The first kappa shape index (κ1) is 15.0. The van der Waals surface area contributed by atoms with Crippen molar-refractivity contribution in [1.82, 2.24) is 4.31 Å². The first-order chi connectivity index (χ1) is 9.32. The fraction of sp³-hybridized carbons (Fsp3) is 0.500. The molecule has 1 saturated heterocycles. The first-order valence-corrected chi connectivity index (χ1v) is 8.34. The van der Waals surface area contributed by atoms with E-state index in [4.69, 9.17) is 5.26 Å². The van der Waals surface area contributed by atoms with Crippen molar-refractivity contribution >= 4 is 27.3 Å². The van der Waals surface area contributed by atoms with Crippen LogP contribution in [-0.4, -0.2) is 35.9 Å². The van der Waals surface area contributed by atoms with Gasteiger partial charge in [-0.2, -0.15) is 9.57 Å². The van der Waals surface area contributed by atoms with E-state index >= 15 is 0 Å². The smallest absolute Gasteiger partial charge is 0.324 e. The van der Waals surface area contributed by atoms with Crippen LogP contribution in [0.15, 0.2) is 16.3 Å². The van der Waals surface area contributed by atoms with Crippen molar-refractivity contribution in [1.29, 1.82) is 5.26 Å². The summed E-state index contributed by atoms with van der Waals surface area (Å²) in [6.07, 6.45) is 1.61. The summed E-state index contributed by atoms with van der Waals surface area (Å²) >= 11 is 0.862. The van der Waals surface area contributed by atoms with Crippen molar-refractivity contribution in [3.63, 3.8) is 0 Å². The maximum Gasteiger partial charge on any atom is 0.324 e. The van der Waals surface area contributed by atoms with Crippen molar-refractivity contribution in [2.75, 3.05) is 6.54 Å². The molecule has 1 aromatic heterocycles. The Hall–Kier alpha value is -1.43. The van der Waals surface area contributed by atoms with Gasteiger partial charge in [0.05, 0.1) is 0 Å². The van der Waals surface area contributed by atoms with E-state index in [9.17, 15) is 18.3 Å². The van der Waals surface area contributed by atoms with E-state index in [0.29, 0.717) is 12.8 Å². The molecule has 1 N–H and O–H groups in total. The Balaban J connectivity index is 2.46. The Labute approximate surface area is 121 Å². The predicted molar refractivity (Wildman–Crippen MR) is 72.8 cm³/mol. The van der Waals surface area contributed by atoms with Crippen LogP contribution in [0.1, 0.15) is 31.1 Å². The Kier molecular flexibility index (Phi) is 3.86. The largest absolute Gasteiger partial charge is 0.480 e. The second-order valence-corrected chi connectivity index (χ2v) is 8.02. The number of carboxylic acids is 1. The summed E-state index contributed by atoms with van der Waals surface area (Å²) in [7, 11) is -3.88. The van der Waals surface area contributed by atoms with Crippen molar-refractivity contribution in [3.05, 3.63) is 17.0 Å². The third-order valence-corrected chi connectivity index (χ3v) is 7.00. The second-order valence-electron chi connectivity index (χ2n) is 4.84. The fourth-order valence-corrected chi connectivity index (χ4v) is 5.34. The number of piperidine rings is 1. The maximum absolute atomic E-state index is 12.6. The lowest BCUT2D eigenvalue weighted by molar-refractivity contribution is -0.149. The van der Waals surface area contributed by atoms with Crippen LogP contribution in [0.25, 0.3) is 0 Å². The van der Waals surface area contributed by atoms with E-state index in [1.54, 1.807) is 0 Å². The molecule has 1 unspecified atom stereocenters. The van der Waals surface area contributed by atoms with Crippen LogP contribution in [0, 0.1) is 11.3 Å². The van der Waals surface area contributed by atoms with Crippen molar-refractivity contribution in [2.45, 2.75) is 35.9 Å². The average molecular weight is 314 g/mol. The Morgan fingerprint density at radius 2 is 2.20 bits per heavy atom. The monoisotopic (exact) mass is 314 g/mol. The molecule has 20 heavy (non-hydrogen) atoms. The fourth-order valence-electron chi connectivity index (χ4n) is 2.32. The minimum Gasteiger partial charge on any atom is -0.480 e. The number of carboxylic acid groups (broad SMARTS) is 1. The molecule has 0 bridgehead atoms. The van der Waals surface area contributed by atoms with Gasteiger partial charge in [0.25, 0.3) is 10.0 Å². The lowest BCUT2D eigenvalue weighted by Gasteiger charge is -2.39. The van der Waals surface area contributed by atoms with Crippen molar-refractivity contribution in [3.8, 4) is 6.07 Å². The highest BCUT2D eigenvalue weighted by atomic mass is 32.2. The second kappa shape index (κ2) is 5.16. The first-order valence-electron chi connectivity index (χ1n) is 6.08. The minimum absolute atomic E-state index is 0.0171. The van der Waals surface area contributed by atoms with Crippen LogP contribution in [0.3, 0.4) is 0 Å². The minimum atomic E-state index is -3.88. The van der Waals surface area contributed by atoms with Crippen LogP contribution in [0.4, 0.5) is 0 Å². The molecular formula is C12H14N2O4S2. The molecule has 8 heteroatoms. The molecule has 0 spiro atoms. The molecule has 0 aromatic carbocycles. The third kappa shape index (κ3) is 2.32. The van der Waals surface area contributed by atoms with Gasteiger partial charge in [0.15, 0.2) is 0 Å². The Morgan fingerprint density at radius 1 is 1.50 bits per heavy atom. The Bertz CT molecular complexity index is 674. The predicted octanol–water partition coefficient (Wildman–Crippen LogP) is 1.64. The number of hydrogen-bond acceptors (Lipinski definition) is 5. The number of carbonyl (C=O) groups is 1. The van der Waals surface area contributed by atoms with Gasteiger partial charge in [-0.1, -0.05) is 0 Å². The molecule has 2 heterocycles. The molecule has 1 aliphatic rings. The molecule has 108 valence electrons. The number of nitrogens with zero attached hydrogens (tertiary/aromatic N) is 2. The van der Waals surface area contributed by atoms with Gasteiger partial charge in [0.1, 0.15) is 20.7 Å². The van der Waals surface area contributed by atoms with Crippen molar-refractivity contribution < 1.29 is 18.3 Å². The van der Waals surface area contributed by atoms with Crippen LogP contribution in [0.5, 0.6) is 0 Å². The molecule has 1 aliphatic heterocycles. The van der Waals surface area contributed by atoms with Crippen LogP contribution >= 0.6 is 11.3 Å². The molecule has 1 fully saturated rings. The van der Waals surface area contributed by atoms with E-state index in [1.165, 1.54) is 19.1 Å². The zero-order valence-electron chi connectivity index (χ0n) is 10.9. The number of nitriles is 1. The lowest BCUT2D eigenvalue weighted by atomic mass is 9.91. The van der Waals surface area contributed by atoms with Crippen LogP contribution in [0.2, 0.25) is 0 Å². The van der Waals surface area contributed by atoms with E-state index in [2.05, 4.69) is 0 Å². The number of rotatable bonds is 3. The molecule has 6 nitrogen and oxygen atoms in total. The summed E-state index contributed by atoms with van der Waals surface area (Å²) in [6.45, 7) is 1.62. The molecule has 0 saturated carbocycles. The standard InChI is InChI=1S/C12H14N2O4S2/c1-12(11(15)16)6-2-3-7-14(12)20(17,18)10-5-4-9(8-13)19-10/h4-5H,2-3,6-7H2,1H3,(H,15,16).